The summed E-state index contributed by atoms with van der Waals surface area (Å²) in [7, 11) is -2.41. The van der Waals surface area contributed by atoms with Gasteiger partial charge in [-0.2, -0.15) is 17.5 Å². The number of benzene rings is 2. The van der Waals surface area contributed by atoms with Crippen LogP contribution in [0.3, 0.4) is 0 Å². The predicted molar refractivity (Wildman–Crippen MR) is 110 cm³/mol. The van der Waals surface area contributed by atoms with Gasteiger partial charge in [-0.25, -0.2) is 22.2 Å². The summed E-state index contributed by atoms with van der Waals surface area (Å²) in [6.07, 6.45) is -2.23. The number of anilines is 1. The summed E-state index contributed by atoms with van der Waals surface area (Å²) in [4.78, 5) is 3.88. The lowest BCUT2D eigenvalue weighted by Gasteiger charge is -2.22. The molecular weight excluding hydrogens is 467 g/mol. The molecule has 0 spiro atoms. The quantitative estimate of drug-likeness (QED) is 0.554. The van der Waals surface area contributed by atoms with Gasteiger partial charge >= 0.3 is 6.18 Å². The molecule has 0 unspecified atom stereocenters. The van der Waals surface area contributed by atoms with Crippen LogP contribution in [0.5, 0.6) is 0 Å². The van der Waals surface area contributed by atoms with Crippen molar-refractivity contribution in [2.24, 2.45) is 7.05 Å². The summed E-state index contributed by atoms with van der Waals surface area (Å²) in [5.41, 5.74) is -1.28. The second-order valence-corrected chi connectivity index (χ2v) is 9.66. The number of halogens is 5. The fourth-order valence-electron chi connectivity index (χ4n) is 3.87. The van der Waals surface area contributed by atoms with Crippen molar-refractivity contribution in [3.05, 3.63) is 77.8 Å². The van der Waals surface area contributed by atoms with E-state index < -0.39 is 51.0 Å². The van der Waals surface area contributed by atoms with E-state index in [4.69, 9.17) is 0 Å². The minimum Gasteiger partial charge on any atom is -0.378 e. The van der Waals surface area contributed by atoms with Gasteiger partial charge in [0.1, 0.15) is 5.82 Å². The van der Waals surface area contributed by atoms with Gasteiger partial charge in [0.2, 0.25) is 0 Å². The number of hydrogen-bond donors (Lipinski definition) is 1. The van der Waals surface area contributed by atoms with E-state index in [1.807, 2.05) is 0 Å². The number of aromatic nitrogens is 2. The van der Waals surface area contributed by atoms with Gasteiger partial charge in [-0.3, -0.25) is 0 Å². The maximum absolute atomic E-state index is 14.6. The van der Waals surface area contributed by atoms with Crippen LogP contribution in [-0.4, -0.2) is 41.4 Å². The van der Waals surface area contributed by atoms with Crippen LogP contribution in [0.25, 0.3) is 0 Å². The molecule has 2 atom stereocenters. The highest BCUT2D eigenvalue weighted by atomic mass is 32.2. The molecule has 0 radical (unpaired) electrons. The van der Waals surface area contributed by atoms with E-state index in [1.165, 1.54) is 41.4 Å². The molecule has 4 rings (SSSR count). The Balaban J connectivity index is 1.69. The Morgan fingerprint density at radius 2 is 1.76 bits per heavy atom. The standard InChI is InChI=1S/C21H19F5N4O2S/c1-29-11-19(27-12-29)33(31,32)30-9-15(13-5-7-14(22)8-6-13)18(10-30)28-17-4-2-3-16(20(17)23)21(24,25)26/h2-8,11-12,15,18,28H,9-10H2,1H3/t15-,18+/m1/s1. The molecule has 1 aromatic heterocycles. The number of imidazole rings is 1. The molecule has 176 valence electrons. The highest BCUT2D eigenvalue weighted by molar-refractivity contribution is 7.89. The molecule has 33 heavy (non-hydrogen) atoms. The van der Waals surface area contributed by atoms with Gasteiger partial charge in [-0.1, -0.05) is 18.2 Å². The second kappa shape index (κ2) is 8.41. The van der Waals surface area contributed by atoms with Crippen LogP contribution in [0.4, 0.5) is 27.6 Å². The lowest BCUT2D eigenvalue weighted by atomic mass is 9.94. The Bertz CT molecular complexity index is 1260. The number of alkyl halides is 3. The van der Waals surface area contributed by atoms with E-state index in [-0.39, 0.29) is 18.1 Å². The molecule has 0 bridgehead atoms. The van der Waals surface area contributed by atoms with E-state index in [1.54, 1.807) is 7.05 Å². The maximum atomic E-state index is 14.6. The van der Waals surface area contributed by atoms with Crippen molar-refractivity contribution in [2.45, 2.75) is 23.2 Å². The zero-order valence-electron chi connectivity index (χ0n) is 17.2. The number of aryl methyl sites for hydroxylation is 1. The van der Waals surface area contributed by atoms with Gasteiger partial charge in [-0.15, -0.1) is 0 Å². The molecule has 2 heterocycles. The first-order valence-electron chi connectivity index (χ1n) is 9.82. The zero-order valence-corrected chi connectivity index (χ0v) is 18.0. The van der Waals surface area contributed by atoms with Crippen LogP contribution in [0.1, 0.15) is 17.0 Å². The molecule has 0 aliphatic carbocycles. The van der Waals surface area contributed by atoms with E-state index in [2.05, 4.69) is 10.3 Å². The maximum Gasteiger partial charge on any atom is 0.419 e. The lowest BCUT2D eigenvalue weighted by molar-refractivity contribution is -0.139. The lowest BCUT2D eigenvalue weighted by Crippen LogP contribution is -2.32. The fourth-order valence-corrected chi connectivity index (χ4v) is 5.33. The number of hydrogen-bond acceptors (Lipinski definition) is 4. The van der Waals surface area contributed by atoms with Crippen LogP contribution < -0.4 is 5.32 Å². The van der Waals surface area contributed by atoms with E-state index >= 15 is 0 Å². The molecule has 12 heteroatoms. The Labute approximate surface area is 186 Å². The predicted octanol–water partition coefficient (Wildman–Crippen LogP) is 3.99. The van der Waals surface area contributed by atoms with Gasteiger partial charge in [0.15, 0.2) is 10.8 Å². The molecule has 1 N–H and O–H groups in total. The largest absolute Gasteiger partial charge is 0.419 e. The third kappa shape index (κ3) is 4.58. The Morgan fingerprint density at radius 1 is 1.06 bits per heavy atom. The van der Waals surface area contributed by atoms with Crippen LogP contribution in [0.2, 0.25) is 0 Å². The smallest absolute Gasteiger partial charge is 0.378 e. The summed E-state index contributed by atoms with van der Waals surface area (Å²) >= 11 is 0. The molecule has 1 fully saturated rings. The topological polar surface area (TPSA) is 67.2 Å². The van der Waals surface area contributed by atoms with Crippen molar-refractivity contribution in [1.82, 2.24) is 13.9 Å². The van der Waals surface area contributed by atoms with Crippen molar-refractivity contribution in [2.75, 3.05) is 18.4 Å². The fraction of sp³-hybridized carbons (Fsp3) is 0.286. The van der Waals surface area contributed by atoms with Crippen molar-refractivity contribution in [3.8, 4) is 0 Å². The van der Waals surface area contributed by atoms with Gasteiger partial charge in [-0.05, 0) is 29.8 Å². The molecule has 0 saturated carbocycles. The summed E-state index contributed by atoms with van der Waals surface area (Å²) < 4.78 is 96.2. The van der Waals surface area contributed by atoms with Crippen LogP contribution in [0, 0.1) is 11.6 Å². The number of nitrogens with one attached hydrogen (secondary N) is 1. The number of sulfonamides is 1. The van der Waals surface area contributed by atoms with Crippen molar-refractivity contribution in [3.63, 3.8) is 0 Å². The highest BCUT2D eigenvalue weighted by Gasteiger charge is 2.42. The van der Waals surface area contributed by atoms with Crippen molar-refractivity contribution >= 4 is 15.7 Å². The first-order chi connectivity index (χ1) is 15.5. The third-order valence-corrected chi connectivity index (χ3v) is 7.23. The van der Waals surface area contributed by atoms with Crippen LogP contribution in [0.15, 0.2) is 60.0 Å². The van der Waals surface area contributed by atoms with Crippen molar-refractivity contribution < 1.29 is 30.4 Å². The Hall–Kier alpha value is -2.99. The third-order valence-electron chi connectivity index (χ3n) is 5.51. The first kappa shape index (κ1) is 23.2. The average molecular weight is 486 g/mol. The summed E-state index contributed by atoms with van der Waals surface area (Å²) in [6, 6.07) is 7.40. The molecule has 1 aliphatic rings. The van der Waals surface area contributed by atoms with Crippen LogP contribution in [-0.2, 0) is 23.2 Å². The summed E-state index contributed by atoms with van der Waals surface area (Å²) in [5, 5.41) is 2.56. The Kier molecular flexibility index (Phi) is 5.91. The second-order valence-electron chi connectivity index (χ2n) is 7.77. The van der Waals surface area contributed by atoms with Gasteiger partial charge in [0.25, 0.3) is 10.0 Å². The van der Waals surface area contributed by atoms with E-state index in [9.17, 15) is 30.4 Å². The van der Waals surface area contributed by atoms with Gasteiger partial charge < -0.3 is 9.88 Å². The van der Waals surface area contributed by atoms with Crippen LogP contribution >= 0.6 is 0 Å². The first-order valence-corrected chi connectivity index (χ1v) is 11.3. The molecule has 1 aliphatic heterocycles. The van der Waals surface area contributed by atoms with Crippen molar-refractivity contribution in [1.29, 1.82) is 0 Å². The molecule has 3 aromatic rings. The normalized spacial score (nSPS) is 19.7. The highest BCUT2D eigenvalue weighted by Crippen LogP contribution is 2.37. The molecule has 2 aromatic carbocycles. The van der Waals surface area contributed by atoms with E-state index in [0.29, 0.717) is 11.6 Å². The molecule has 0 amide bonds. The summed E-state index contributed by atoms with van der Waals surface area (Å²) in [6.45, 7) is -0.209. The Morgan fingerprint density at radius 3 is 2.36 bits per heavy atom. The number of rotatable bonds is 5. The monoisotopic (exact) mass is 486 g/mol. The van der Waals surface area contributed by atoms with E-state index in [0.717, 1.165) is 16.4 Å². The minimum absolute atomic E-state index is 0.0528. The molecular formula is C21H19F5N4O2S. The molecule has 1 saturated heterocycles. The average Bonchev–Trinajstić information content (AvgIpc) is 3.37. The molecule has 6 nitrogen and oxygen atoms in total. The van der Waals surface area contributed by atoms with Gasteiger partial charge in [0.05, 0.1) is 17.6 Å². The number of nitrogens with zero attached hydrogens (tertiary/aromatic N) is 3. The minimum atomic E-state index is -4.89. The summed E-state index contributed by atoms with van der Waals surface area (Å²) in [5.74, 6) is -2.56. The zero-order chi connectivity index (χ0) is 24.0. The SMILES string of the molecule is Cn1cnc(S(=O)(=O)N2C[C@H](Nc3cccc(C(F)(F)F)c3F)[C@@H](c3ccc(F)cc3)C2)c1. The van der Waals surface area contributed by atoms with Gasteiger partial charge in [0, 0.05) is 38.3 Å².